The van der Waals surface area contributed by atoms with Crippen LogP contribution in [0.15, 0.2) is 5.16 Å². The molecule has 0 spiro atoms. The molecular formula is C9H13N3O3. The summed E-state index contributed by atoms with van der Waals surface area (Å²) in [5.41, 5.74) is 0.783. The number of carboxylic acids is 1. The Morgan fingerprint density at radius 3 is 3.13 bits per heavy atom. The monoisotopic (exact) mass is 211 g/mol. The largest absolute Gasteiger partial charge is 0.480 e. The number of hydrogen-bond acceptors (Lipinski definition) is 5. The summed E-state index contributed by atoms with van der Waals surface area (Å²) in [6, 6.07) is 1.75. The van der Waals surface area contributed by atoms with Gasteiger partial charge in [-0.1, -0.05) is 5.16 Å². The van der Waals surface area contributed by atoms with E-state index >= 15 is 0 Å². The van der Waals surface area contributed by atoms with Crippen molar-refractivity contribution in [2.24, 2.45) is 5.16 Å². The van der Waals surface area contributed by atoms with Gasteiger partial charge in [-0.3, -0.25) is 9.69 Å². The van der Waals surface area contributed by atoms with Crippen LogP contribution < -0.4 is 0 Å². The lowest BCUT2D eigenvalue weighted by atomic mass is 10.0. The van der Waals surface area contributed by atoms with Gasteiger partial charge in [0.25, 0.3) is 0 Å². The van der Waals surface area contributed by atoms with E-state index in [1.54, 1.807) is 4.90 Å². The fraction of sp³-hybridized carbons (Fsp3) is 0.667. The molecule has 0 amide bonds. The van der Waals surface area contributed by atoms with Crippen LogP contribution in [0.1, 0.15) is 12.8 Å². The molecule has 15 heavy (non-hydrogen) atoms. The molecule has 0 aromatic carbocycles. The Morgan fingerprint density at radius 2 is 2.60 bits per heavy atom. The standard InChI is InChI=1S/C9H13N3O3/c1-15-11-7-2-3-8(4-10)12(5-7)6-9(13)14/h8H,2-3,5-6H2,1H3,(H,13,14)/t8-/m0/s1. The van der Waals surface area contributed by atoms with Gasteiger partial charge in [-0.05, 0) is 12.8 Å². The quantitative estimate of drug-likeness (QED) is 0.667. The van der Waals surface area contributed by atoms with Crippen LogP contribution in [-0.4, -0.2) is 47.9 Å². The summed E-state index contributed by atoms with van der Waals surface area (Å²) in [6.07, 6.45) is 1.29. The van der Waals surface area contributed by atoms with Crippen molar-refractivity contribution in [2.75, 3.05) is 20.2 Å². The van der Waals surface area contributed by atoms with Gasteiger partial charge in [-0.15, -0.1) is 0 Å². The minimum absolute atomic E-state index is 0.138. The van der Waals surface area contributed by atoms with Crippen molar-refractivity contribution in [3.63, 3.8) is 0 Å². The second-order valence-corrected chi connectivity index (χ2v) is 3.32. The maximum absolute atomic E-state index is 10.6. The number of carboxylic acid groups (broad SMARTS) is 1. The van der Waals surface area contributed by atoms with Crippen LogP contribution in [0.2, 0.25) is 0 Å². The van der Waals surface area contributed by atoms with E-state index in [4.69, 9.17) is 10.4 Å². The van der Waals surface area contributed by atoms with E-state index in [-0.39, 0.29) is 12.6 Å². The minimum Gasteiger partial charge on any atom is -0.480 e. The number of oxime groups is 1. The lowest BCUT2D eigenvalue weighted by Crippen LogP contribution is -2.45. The molecule has 0 saturated carbocycles. The van der Waals surface area contributed by atoms with Gasteiger partial charge in [0, 0.05) is 6.54 Å². The Bertz CT molecular complexity index is 308. The molecule has 0 aromatic rings. The molecule has 6 nitrogen and oxygen atoms in total. The molecule has 1 fully saturated rings. The van der Waals surface area contributed by atoms with E-state index in [0.29, 0.717) is 19.4 Å². The predicted octanol–water partition coefficient (Wildman–Crippen LogP) is 0.0614. The molecule has 1 atom stereocenters. The number of nitrogens with zero attached hydrogens (tertiary/aromatic N) is 3. The molecule has 0 unspecified atom stereocenters. The molecule has 82 valence electrons. The molecule has 6 heteroatoms. The van der Waals surface area contributed by atoms with Gasteiger partial charge in [0.05, 0.1) is 24.4 Å². The van der Waals surface area contributed by atoms with Crippen LogP contribution in [0.3, 0.4) is 0 Å². The SMILES string of the molecule is CON=C1CC[C@@H](C#N)N(CC(=O)O)C1. The number of hydrogen-bond donors (Lipinski definition) is 1. The van der Waals surface area contributed by atoms with E-state index in [1.165, 1.54) is 7.11 Å². The first-order valence-corrected chi connectivity index (χ1v) is 4.61. The van der Waals surface area contributed by atoms with Crippen LogP contribution in [-0.2, 0) is 9.63 Å². The highest BCUT2D eigenvalue weighted by Crippen LogP contribution is 2.14. The summed E-state index contributed by atoms with van der Waals surface area (Å²) in [5.74, 6) is -0.936. The highest BCUT2D eigenvalue weighted by atomic mass is 16.6. The van der Waals surface area contributed by atoms with Gasteiger partial charge in [0.1, 0.15) is 7.11 Å². The Kier molecular flexibility index (Phi) is 4.06. The van der Waals surface area contributed by atoms with Gasteiger partial charge < -0.3 is 9.94 Å². The molecule has 1 aliphatic rings. The molecular weight excluding hydrogens is 198 g/mol. The van der Waals surface area contributed by atoms with Crippen molar-refractivity contribution < 1.29 is 14.7 Å². The van der Waals surface area contributed by atoms with Crippen LogP contribution in [0.5, 0.6) is 0 Å². The molecule has 0 bridgehead atoms. The Morgan fingerprint density at radius 1 is 1.87 bits per heavy atom. The maximum atomic E-state index is 10.6. The van der Waals surface area contributed by atoms with Crippen LogP contribution in [0.25, 0.3) is 0 Å². The molecule has 1 aliphatic heterocycles. The molecule has 1 heterocycles. The summed E-state index contributed by atoms with van der Waals surface area (Å²) < 4.78 is 0. The van der Waals surface area contributed by atoms with Crippen molar-refractivity contribution in [3.05, 3.63) is 0 Å². The van der Waals surface area contributed by atoms with E-state index in [2.05, 4.69) is 16.1 Å². The van der Waals surface area contributed by atoms with Crippen LogP contribution in [0.4, 0.5) is 0 Å². The van der Waals surface area contributed by atoms with Crippen LogP contribution >= 0.6 is 0 Å². The number of piperidine rings is 1. The van der Waals surface area contributed by atoms with Crippen molar-refractivity contribution in [2.45, 2.75) is 18.9 Å². The third kappa shape index (κ3) is 3.22. The normalized spacial score (nSPS) is 24.8. The number of nitriles is 1. The first-order valence-electron chi connectivity index (χ1n) is 4.61. The van der Waals surface area contributed by atoms with Crippen molar-refractivity contribution in [1.82, 2.24) is 4.90 Å². The zero-order valence-corrected chi connectivity index (χ0v) is 8.51. The average Bonchev–Trinajstić information content (AvgIpc) is 2.18. The van der Waals surface area contributed by atoms with Gasteiger partial charge in [0.15, 0.2) is 0 Å². The van der Waals surface area contributed by atoms with Crippen LogP contribution in [0, 0.1) is 11.3 Å². The zero-order chi connectivity index (χ0) is 11.3. The fourth-order valence-electron chi connectivity index (χ4n) is 1.60. The maximum Gasteiger partial charge on any atom is 0.317 e. The van der Waals surface area contributed by atoms with Gasteiger partial charge in [0.2, 0.25) is 0 Å². The first-order chi connectivity index (χ1) is 7.17. The van der Waals surface area contributed by atoms with Crippen molar-refractivity contribution in [1.29, 1.82) is 5.26 Å². The average molecular weight is 211 g/mol. The zero-order valence-electron chi connectivity index (χ0n) is 8.51. The predicted molar refractivity (Wildman–Crippen MR) is 52.3 cm³/mol. The first kappa shape index (κ1) is 11.5. The molecule has 1 rings (SSSR count). The van der Waals surface area contributed by atoms with Gasteiger partial charge >= 0.3 is 5.97 Å². The topological polar surface area (TPSA) is 85.9 Å². The molecule has 1 saturated heterocycles. The Hall–Kier alpha value is -1.61. The third-order valence-electron chi connectivity index (χ3n) is 2.24. The lowest BCUT2D eigenvalue weighted by molar-refractivity contribution is -0.138. The Labute approximate surface area is 87.7 Å². The summed E-state index contributed by atoms with van der Waals surface area (Å²) in [4.78, 5) is 16.8. The third-order valence-corrected chi connectivity index (χ3v) is 2.24. The minimum atomic E-state index is -0.936. The highest BCUT2D eigenvalue weighted by Gasteiger charge is 2.27. The van der Waals surface area contributed by atoms with E-state index in [1.807, 2.05) is 0 Å². The van der Waals surface area contributed by atoms with Gasteiger partial charge in [-0.25, -0.2) is 0 Å². The van der Waals surface area contributed by atoms with Gasteiger partial charge in [-0.2, -0.15) is 5.26 Å². The highest BCUT2D eigenvalue weighted by molar-refractivity contribution is 5.87. The number of rotatable bonds is 3. The van der Waals surface area contributed by atoms with E-state index < -0.39 is 5.97 Å². The number of aliphatic carboxylic acids is 1. The smallest absolute Gasteiger partial charge is 0.317 e. The molecule has 1 N–H and O–H groups in total. The summed E-state index contributed by atoms with van der Waals surface area (Å²) in [5, 5.41) is 21.3. The van der Waals surface area contributed by atoms with E-state index in [9.17, 15) is 4.79 Å². The Balaban J connectivity index is 2.66. The number of likely N-dealkylation sites (tertiary alicyclic amines) is 1. The second kappa shape index (κ2) is 5.32. The summed E-state index contributed by atoms with van der Waals surface area (Å²) >= 11 is 0. The fourth-order valence-corrected chi connectivity index (χ4v) is 1.60. The molecule has 0 aromatic heterocycles. The van der Waals surface area contributed by atoms with E-state index in [0.717, 1.165) is 5.71 Å². The lowest BCUT2D eigenvalue weighted by Gasteiger charge is -2.30. The summed E-state index contributed by atoms with van der Waals surface area (Å²) in [6.45, 7) is 0.249. The summed E-state index contributed by atoms with van der Waals surface area (Å²) in [7, 11) is 1.45. The van der Waals surface area contributed by atoms with Crippen molar-refractivity contribution >= 4 is 11.7 Å². The number of carbonyl (C=O) groups is 1. The molecule has 0 aliphatic carbocycles. The second-order valence-electron chi connectivity index (χ2n) is 3.32. The van der Waals surface area contributed by atoms with Crippen molar-refractivity contribution in [3.8, 4) is 6.07 Å². The molecule has 0 radical (unpaired) electrons.